The molecule has 116 valence electrons. The molecule has 0 radical (unpaired) electrons. The molecule has 0 aliphatic rings. The summed E-state index contributed by atoms with van der Waals surface area (Å²) in [6, 6.07) is 4.17. The van der Waals surface area contributed by atoms with E-state index < -0.39 is 17.8 Å². The molecule has 0 unspecified atom stereocenters. The van der Waals surface area contributed by atoms with Gasteiger partial charge in [0.1, 0.15) is 6.54 Å². The van der Waals surface area contributed by atoms with Crippen LogP contribution in [-0.2, 0) is 17.5 Å². The number of hydrogen-bond acceptors (Lipinski definition) is 4. The second-order valence-electron chi connectivity index (χ2n) is 4.28. The van der Waals surface area contributed by atoms with E-state index in [4.69, 9.17) is 0 Å². The summed E-state index contributed by atoms with van der Waals surface area (Å²) in [7, 11) is 0. The molecular weight excluding hydrogens is 299 g/mol. The second-order valence-corrected chi connectivity index (χ2v) is 4.28. The molecule has 2 rings (SSSR count). The molecule has 0 aliphatic carbocycles. The van der Waals surface area contributed by atoms with Crippen LogP contribution in [0.4, 0.5) is 13.2 Å². The van der Waals surface area contributed by atoms with E-state index in [1.54, 1.807) is 24.5 Å². The second kappa shape index (κ2) is 6.29. The maximum atomic E-state index is 12.4. The Morgan fingerprint density at radius 2 is 1.91 bits per heavy atom. The van der Waals surface area contributed by atoms with Crippen molar-refractivity contribution in [1.82, 2.24) is 25.6 Å². The van der Waals surface area contributed by atoms with Crippen LogP contribution in [-0.4, -0.2) is 20.7 Å². The lowest BCUT2D eigenvalue weighted by molar-refractivity contribution is -0.141. The molecule has 0 fully saturated rings. The van der Waals surface area contributed by atoms with Crippen LogP contribution in [0.25, 0.3) is 5.70 Å². The van der Waals surface area contributed by atoms with Crippen molar-refractivity contribution in [3.63, 3.8) is 0 Å². The zero-order valence-electron chi connectivity index (χ0n) is 11.3. The number of hydrazine groups is 1. The number of amides is 1. The van der Waals surface area contributed by atoms with E-state index >= 15 is 0 Å². The highest BCUT2D eigenvalue weighted by Crippen LogP contribution is 2.27. The number of halogens is 3. The van der Waals surface area contributed by atoms with Gasteiger partial charge in [-0.2, -0.15) is 18.3 Å². The van der Waals surface area contributed by atoms with Crippen LogP contribution in [0.15, 0.2) is 43.4 Å². The van der Waals surface area contributed by atoms with Crippen LogP contribution in [0.3, 0.4) is 0 Å². The van der Waals surface area contributed by atoms with E-state index in [9.17, 15) is 18.0 Å². The van der Waals surface area contributed by atoms with Gasteiger partial charge in [0.2, 0.25) is 0 Å². The molecule has 2 aromatic rings. The average molecular weight is 311 g/mol. The largest absolute Gasteiger partial charge is 0.435 e. The Labute approximate surface area is 123 Å². The van der Waals surface area contributed by atoms with Crippen molar-refractivity contribution in [1.29, 1.82) is 0 Å². The molecule has 1 amide bonds. The first kappa shape index (κ1) is 15.5. The molecule has 0 aliphatic heterocycles. The normalized spacial score (nSPS) is 11.0. The summed E-state index contributed by atoms with van der Waals surface area (Å²) < 4.78 is 38.0. The summed E-state index contributed by atoms with van der Waals surface area (Å²) in [6.07, 6.45) is -0.325. The molecule has 2 heterocycles. The number of carbonyl (C=O) groups excluding carboxylic acids is 1. The Morgan fingerprint density at radius 1 is 1.23 bits per heavy atom. The Bertz CT molecular complexity index is 666. The van der Waals surface area contributed by atoms with Crippen LogP contribution >= 0.6 is 0 Å². The minimum absolute atomic E-state index is 0.354. The van der Waals surface area contributed by atoms with Gasteiger partial charge in [-0.1, -0.05) is 6.58 Å². The summed E-state index contributed by atoms with van der Waals surface area (Å²) in [4.78, 5) is 15.5. The van der Waals surface area contributed by atoms with Crippen LogP contribution < -0.4 is 10.9 Å². The molecule has 9 heteroatoms. The van der Waals surface area contributed by atoms with Crippen molar-refractivity contribution in [2.45, 2.75) is 12.7 Å². The molecule has 6 nitrogen and oxygen atoms in total. The van der Waals surface area contributed by atoms with E-state index in [1.807, 2.05) is 0 Å². The lowest BCUT2D eigenvalue weighted by Gasteiger charge is -2.11. The summed E-state index contributed by atoms with van der Waals surface area (Å²) >= 11 is 0. The van der Waals surface area contributed by atoms with Gasteiger partial charge in [-0.15, -0.1) is 0 Å². The van der Waals surface area contributed by atoms with E-state index in [2.05, 4.69) is 27.5 Å². The number of hydrogen-bond donors (Lipinski definition) is 2. The fraction of sp³-hybridized carbons (Fsp3) is 0.154. The number of rotatable bonds is 5. The number of aromatic nitrogens is 3. The minimum Gasteiger partial charge on any atom is -0.299 e. The van der Waals surface area contributed by atoms with E-state index in [-0.39, 0.29) is 6.54 Å². The number of nitrogens with one attached hydrogen (secondary N) is 2. The predicted octanol–water partition coefficient (Wildman–Crippen LogP) is 1.59. The van der Waals surface area contributed by atoms with Crippen molar-refractivity contribution in [3.8, 4) is 0 Å². The fourth-order valence-corrected chi connectivity index (χ4v) is 1.56. The molecule has 0 saturated heterocycles. The van der Waals surface area contributed by atoms with Crippen molar-refractivity contribution in [2.24, 2.45) is 0 Å². The molecule has 0 saturated carbocycles. The molecule has 2 aromatic heterocycles. The number of nitrogens with zero attached hydrogens (tertiary/aromatic N) is 3. The maximum Gasteiger partial charge on any atom is 0.435 e. The van der Waals surface area contributed by atoms with Crippen LogP contribution in [0.5, 0.6) is 0 Å². The van der Waals surface area contributed by atoms with Gasteiger partial charge >= 0.3 is 6.18 Å². The van der Waals surface area contributed by atoms with Gasteiger partial charge in [-0.05, 0) is 18.2 Å². The highest BCUT2D eigenvalue weighted by atomic mass is 19.4. The third-order valence-electron chi connectivity index (χ3n) is 2.62. The van der Waals surface area contributed by atoms with Gasteiger partial charge in [0.15, 0.2) is 5.69 Å². The van der Waals surface area contributed by atoms with Gasteiger partial charge in [0, 0.05) is 24.2 Å². The first-order valence-electron chi connectivity index (χ1n) is 6.11. The lowest BCUT2D eigenvalue weighted by Crippen LogP contribution is -2.38. The molecular formula is C13H12F3N5O. The van der Waals surface area contributed by atoms with Crippen molar-refractivity contribution < 1.29 is 18.0 Å². The molecule has 22 heavy (non-hydrogen) atoms. The minimum atomic E-state index is -4.53. The summed E-state index contributed by atoms with van der Waals surface area (Å²) in [6.45, 7) is 3.36. The molecule has 2 N–H and O–H groups in total. The molecule has 0 atom stereocenters. The van der Waals surface area contributed by atoms with Crippen molar-refractivity contribution in [3.05, 3.63) is 54.6 Å². The van der Waals surface area contributed by atoms with Gasteiger partial charge in [-0.3, -0.25) is 25.3 Å². The summed E-state index contributed by atoms with van der Waals surface area (Å²) in [5, 5.41) is 3.28. The standard InChI is InChI=1S/C13H12F3N5O/c1-9(10-2-5-17-6-3-10)18-19-12(22)8-21-7-4-11(20-21)13(14,15)16/h2-7,18H,1,8H2,(H,19,22). The average Bonchev–Trinajstić information content (AvgIpc) is 2.94. The van der Waals surface area contributed by atoms with Crippen molar-refractivity contribution >= 4 is 11.6 Å². The Kier molecular flexibility index (Phi) is 4.44. The van der Waals surface area contributed by atoms with Gasteiger partial charge in [-0.25, -0.2) is 0 Å². The first-order chi connectivity index (χ1) is 10.4. The van der Waals surface area contributed by atoms with Gasteiger partial charge in [0.25, 0.3) is 5.91 Å². The third kappa shape index (κ3) is 4.08. The highest BCUT2D eigenvalue weighted by molar-refractivity contribution is 5.76. The van der Waals surface area contributed by atoms with Crippen LogP contribution in [0, 0.1) is 0 Å². The fourth-order valence-electron chi connectivity index (χ4n) is 1.56. The maximum absolute atomic E-state index is 12.4. The monoisotopic (exact) mass is 311 g/mol. The molecule has 0 bridgehead atoms. The molecule has 0 aromatic carbocycles. The zero-order chi connectivity index (χ0) is 16.2. The van der Waals surface area contributed by atoms with Crippen LogP contribution in [0.2, 0.25) is 0 Å². The smallest absolute Gasteiger partial charge is 0.299 e. The number of carbonyl (C=O) groups is 1. The quantitative estimate of drug-likeness (QED) is 0.823. The zero-order valence-corrected chi connectivity index (χ0v) is 11.3. The van der Waals surface area contributed by atoms with Crippen molar-refractivity contribution in [2.75, 3.05) is 0 Å². The highest BCUT2D eigenvalue weighted by Gasteiger charge is 2.33. The Balaban J connectivity index is 1.86. The van der Waals surface area contributed by atoms with E-state index in [1.165, 1.54) is 0 Å². The topological polar surface area (TPSA) is 71.8 Å². The Morgan fingerprint density at radius 3 is 2.50 bits per heavy atom. The lowest BCUT2D eigenvalue weighted by atomic mass is 10.2. The first-order valence-corrected chi connectivity index (χ1v) is 6.11. The SMILES string of the molecule is C=C(NNC(=O)Cn1ccc(C(F)(F)F)n1)c1ccncc1. The van der Waals surface area contributed by atoms with E-state index in [0.29, 0.717) is 11.3 Å². The van der Waals surface area contributed by atoms with E-state index in [0.717, 1.165) is 16.9 Å². The summed E-state index contributed by atoms with van der Waals surface area (Å²) in [5.74, 6) is -0.563. The number of pyridine rings is 1. The van der Waals surface area contributed by atoms with Gasteiger partial charge in [0.05, 0.1) is 5.70 Å². The number of alkyl halides is 3. The molecule has 0 spiro atoms. The summed E-state index contributed by atoms with van der Waals surface area (Å²) in [5.41, 5.74) is 4.99. The third-order valence-corrected chi connectivity index (χ3v) is 2.62. The van der Waals surface area contributed by atoms with Gasteiger partial charge < -0.3 is 0 Å². The Hall–Kier alpha value is -2.84. The van der Waals surface area contributed by atoms with Crippen LogP contribution in [0.1, 0.15) is 11.3 Å². The predicted molar refractivity (Wildman–Crippen MR) is 71.8 cm³/mol.